The molecule has 0 amide bonds. The fraction of sp³-hybridized carbons (Fsp3) is 0.667. The summed E-state index contributed by atoms with van der Waals surface area (Å²) in [6.07, 6.45) is 5.00. The van der Waals surface area contributed by atoms with Crippen LogP contribution in [0, 0.1) is 6.92 Å². The summed E-state index contributed by atoms with van der Waals surface area (Å²) in [6, 6.07) is 3.08. The van der Waals surface area contributed by atoms with Crippen LogP contribution >= 0.6 is 0 Å². The Morgan fingerprint density at radius 1 is 1.42 bits per heavy atom. The van der Waals surface area contributed by atoms with Crippen molar-refractivity contribution in [2.45, 2.75) is 25.4 Å². The molecule has 0 radical (unpaired) electrons. The number of piperazine rings is 1. The number of likely N-dealkylation sites (N-methyl/N-ethyl adjacent to an activating group) is 2. The van der Waals surface area contributed by atoms with E-state index in [1.807, 2.05) is 19.4 Å². The summed E-state index contributed by atoms with van der Waals surface area (Å²) in [5.74, 6) is 0. The molecule has 0 saturated carbocycles. The Kier molecular flexibility index (Phi) is 4.91. The molecule has 1 saturated heterocycles. The molecule has 19 heavy (non-hydrogen) atoms. The molecule has 1 aromatic heterocycles. The van der Waals surface area contributed by atoms with Crippen LogP contribution in [-0.4, -0.2) is 61.6 Å². The second kappa shape index (κ2) is 6.46. The van der Waals surface area contributed by atoms with Crippen LogP contribution in [0.4, 0.5) is 0 Å². The average Bonchev–Trinajstić information content (AvgIpc) is 2.41. The van der Waals surface area contributed by atoms with Crippen molar-refractivity contribution in [2.24, 2.45) is 0 Å². The lowest BCUT2D eigenvalue weighted by Gasteiger charge is -2.39. The number of hydrogen-bond donors (Lipinski definition) is 1. The molecule has 2 heterocycles. The van der Waals surface area contributed by atoms with Gasteiger partial charge in [-0.3, -0.25) is 4.98 Å². The van der Waals surface area contributed by atoms with E-state index < -0.39 is 0 Å². The average molecular weight is 262 g/mol. The van der Waals surface area contributed by atoms with Gasteiger partial charge in [-0.15, -0.1) is 0 Å². The summed E-state index contributed by atoms with van der Waals surface area (Å²) in [4.78, 5) is 9.18. The van der Waals surface area contributed by atoms with E-state index in [-0.39, 0.29) is 0 Å². The lowest BCUT2D eigenvalue weighted by molar-refractivity contribution is 0.102. The normalized spacial score (nSPS) is 23.5. The lowest BCUT2D eigenvalue weighted by Crippen LogP contribution is -2.50. The molecule has 1 aliphatic heterocycles. The van der Waals surface area contributed by atoms with Gasteiger partial charge in [0.1, 0.15) is 0 Å². The summed E-state index contributed by atoms with van der Waals surface area (Å²) in [5.41, 5.74) is 2.65. The SMILES string of the molecule is CNC(CC1CN(C)CCN1C)c1cnccc1C. The molecule has 106 valence electrons. The van der Waals surface area contributed by atoms with Gasteiger partial charge in [-0.1, -0.05) is 0 Å². The topological polar surface area (TPSA) is 31.4 Å². The third kappa shape index (κ3) is 3.53. The first-order valence-electron chi connectivity index (χ1n) is 7.08. The molecule has 1 aromatic rings. The Morgan fingerprint density at radius 2 is 2.21 bits per heavy atom. The van der Waals surface area contributed by atoms with Crippen LogP contribution < -0.4 is 5.32 Å². The lowest BCUT2D eigenvalue weighted by atomic mass is 9.96. The molecule has 1 fully saturated rings. The van der Waals surface area contributed by atoms with Crippen molar-refractivity contribution < 1.29 is 0 Å². The van der Waals surface area contributed by atoms with Gasteiger partial charge in [0.2, 0.25) is 0 Å². The van der Waals surface area contributed by atoms with Crippen LogP contribution in [0.25, 0.3) is 0 Å². The third-order valence-electron chi connectivity index (χ3n) is 4.29. The number of rotatable bonds is 4. The third-order valence-corrected chi connectivity index (χ3v) is 4.29. The summed E-state index contributed by atoms with van der Waals surface area (Å²) in [6.45, 7) is 5.64. The van der Waals surface area contributed by atoms with Crippen molar-refractivity contribution >= 4 is 0 Å². The van der Waals surface area contributed by atoms with Crippen molar-refractivity contribution in [1.29, 1.82) is 0 Å². The maximum absolute atomic E-state index is 4.28. The molecule has 0 bridgehead atoms. The highest BCUT2D eigenvalue weighted by atomic mass is 15.3. The number of hydrogen-bond acceptors (Lipinski definition) is 4. The highest BCUT2D eigenvalue weighted by Crippen LogP contribution is 2.23. The Balaban J connectivity index is 2.08. The van der Waals surface area contributed by atoms with E-state index in [1.165, 1.54) is 17.7 Å². The second-order valence-corrected chi connectivity index (χ2v) is 5.71. The zero-order valence-electron chi connectivity index (χ0n) is 12.6. The first-order valence-corrected chi connectivity index (χ1v) is 7.08. The van der Waals surface area contributed by atoms with E-state index in [0.29, 0.717) is 12.1 Å². The minimum absolute atomic E-state index is 0.382. The number of nitrogens with one attached hydrogen (secondary N) is 1. The van der Waals surface area contributed by atoms with Crippen molar-refractivity contribution in [1.82, 2.24) is 20.1 Å². The predicted molar refractivity (Wildman–Crippen MR) is 79.3 cm³/mol. The number of pyridine rings is 1. The van der Waals surface area contributed by atoms with Gasteiger partial charge in [0.15, 0.2) is 0 Å². The van der Waals surface area contributed by atoms with Crippen molar-refractivity contribution in [2.75, 3.05) is 40.8 Å². The van der Waals surface area contributed by atoms with Gasteiger partial charge >= 0.3 is 0 Å². The quantitative estimate of drug-likeness (QED) is 0.886. The molecule has 1 aliphatic rings. The smallest absolute Gasteiger partial charge is 0.0350 e. The van der Waals surface area contributed by atoms with Crippen LogP contribution in [-0.2, 0) is 0 Å². The number of aryl methyl sites for hydroxylation is 1. The molecule has 1 N–H and O–H groups in total. The molecular formula is C15H26N4. The Hall–Kier alpha value is -0.970. The first kappa shape index (κ1) is 14.4. The van der Waals surface area contributed by atoms with Gasteiger partial charge in [0.05, 0.1) is 0 Å². The summed E-state index contributed by atoms with van der Waals surface area (Å²) >= 11 is 0. The summed E-state index contributed by atoms with van der Waals surface area (Å²) in [5, 5.41) is 3.46. The minimum Gasteiger partial charge on any atom is -0.313 e. The van der Waals surface area contributed by atoms with E-state index in [0.717, 1.165) is 19.5 Å². The van der Waals surface area contributed by atoms with E-state index in [2.05, 4.69) is 47.2 Å². The molecule has 4 heteroatoms. The zero-order chi connectivity index (χ0) is 13.8. The number of aromatic nitrogens is 1. The molecule has 4 nitrogen and oxygen atoms in total. The van der Waals surface area contributed by atoms with Gasteiger partial charge in [0, 0.05) is 44.1 Å². The molecule has 2 rings (SSSR count). The highest BCUT2D eigenvalue weighted by Gasteiger charge is 2.25. The largest absolute Gasteiger partial charge is 0.313 e. The fourth-order valence-electron chi connectivity index (χ4n) is 2.87. The first-order chi connectivity index (χ1) is 9.11. The monoisotopic (exact) mass is 262 g/mol. The zero-order valence-corrected chi connectivity index (χ0v) is 12.6. The van der Waals surface area contributed by atoms with E-state index >= 15 is 0 Å². The number of nitrogens with zero attached hydrogens (tertiary/aromatic N) is 3. The van der Waals surface area contributed by atoms with Gasteiger partial charge in [-0.2, -0.15) is 0 Å². The highest BCUT2D eigenvalue weighted by molar-refractivity contribution is 5.25. The standard InChI is InChI=1S/C15H26N4/c1-12-5-6-17-10-14(12)15(16-2)9-13-11-18(3)7-8-19(13)4/h5-6,10,13,15-16H,7-9,11H2,1-4H3. The van der Waals surface area contributed by atoms with E-state index in [4.69, 9.17) is 0 Å². The maximum Gasteiger partial charge on any atom is 0.0350 e. The molecule has 0 spiro atoms. The van der Waals surface area contributed by atoms with Crippen LogP contribution in [0.3, 0.4) is 0 Å². The van der Waals surface area contributed by atoms with Gasteiger partial charge < -0.3 is 15.1 Å². The van der Waals surface area contributed by atoms with Crippen LogP contribution in [0.2, 0.25) is 0 Å². The molecular weight excluding hydrogens is 236 g/mol. The van der Waals surface area contributed by atoms with Crippen molar-refractivity contribution in [3.8, 4) is 0 Å². The predicted octanol–water partition coefficient (Wildman–Crippen LogP) is 1.29. The maximum atomic E-state index is 4.28. The fourth-order valence-corrected chi connectivity index (χ4v) is 2.87. The Labute approximate surface area is 116 Å². The molecule has 2 atom stereocenters. The van der Waals surface area contributed by atoms with Gasteiger partial charge in [-0.05, 0) is 51.7 Å². The van der Waals surface area contributed by atoms with Gasteiger partial charge in [0.25, 0.3) is 0 Å². The second-order valence-electron chi connectivity index (χ2n) is 5.71. The summed E-state index contributed by atoms with van der Waals surface area (Å²) in [7, 11) is 6.49. The Morgan fingerprint density at radius 3 is 2.89 bits per heavy atom. The molecule has 0 aromatic carbocycles. The van der Waals surface area contributed by atoms with E-state index in [1.54, 1.807) is 0 Å². The summed E-state index contributed by atoms with van der Waals surface area (Å²) < 4.78 is 0. The van der Waals surface area contributed by atoms with E-state index in [9.17, 15) is 0 Å². The van der Waals surface area contributed by atoms with Crippen LogP contribution in [0.5, 0.6) is 0 Å². The van der Waals surface area contributed by atoms with Crippen LogP contribution in [0.15, 0.2) is 18.5 Å². The Bertz CT molecular complexity index is 407. The molecule has 2 unspecified atom stereocenters. The minimum atomic E-state index is 0.382. The van der Waals surface area contributed by atoms with Crippen molar-refractivity contribution in [3.05, 3.63) is 29.6 Å². The van der Waals surface area contributed by atoms with Gasteiger partial charge in [-0.25, -0.2) is 0 Å². The molecule has 0 aliphatic carbocycles. The van der Waals surface area contributed by atoms with Crippen molar-refractivity contribution in [3.63, 3.8) is 0 Å². The van der Waals surface area contributed by atoms with Crippen LogP contribution in [0.1, 0.15) is 23.6 Å².